The van der Waals surface area contributed by atoms with Gasteiger partial charge in [0, 0.05) is 18.7 Å². The standard InChI is InChI=1S/C22H17FN8O3/c1-33-13-5-6-15(24-10-13)20-27-28-21(34-20)22(32)30-8-7-14-18(26-11-25-14)19(30)16-9-12-3-2-4-17(23)31(12)29-16/h2-6,9-11,19H,7-8H2,1H3,(H,25,26). The fourth-order valence-electron chi connectivity index (χ4n) is 4.09. The zero-order valence-electron chi connectivity index (χ0n) is 17.8. The minimum atomic E-state index is -0.656. The average molecular weight is 460 g/mol. The Morgan fingerprint density at radius 1 is 1.24 bits per heavy atom. The summed E-state index contributed by atoms with van der Waals surface area (Å²) in [6.07, 6.45) is 3.64. The summed E-state index contributed by atoms with van der Waals surface area (Å²) in [5.41, 5.74) is 2.98. The molecule has 0 radical (unpaired) electrons. The van der Waals surface area contributed by atoms with Crippen LogP contribution in [0.2, 0.25) is 0 Å². The van der Waals surface area contributed by atoms with Crippen molar-refractivity contribution in [3.8, 4) is 17.3 Å². The molecule has 0 aromatic carbocycles. The van der Waals surface area contributed by atoms with Crippen molar-refractivity contribution in [2.75, 3.05) is 13.7 Å². The highest BCUT2D eigenvalue weighted by atomic mass is 19.1. The number of halogens is 1. The molecule has 1 atom stereocenters. The number of hydrogen-bond donors (Lipinski definition) is 1. The van der Waals surface area contributed by atoms with Gasteiger partial charge in [-0.3, -0.25) is 4.79 Å². The second-order valence-corrected chi connectivity index (χ2v) is 7.67. The fourth-order valence-corrected chi connectivity index (χ4v) is 4.09. The number of hydrogen-bond acceptors (Lipinski definition) is 8. The van der Waals surface area contributed by atoms with Gasteiger partial charge in [-0.15, -0.1) is 10.2 Å². The number of pyridine rings is 2. The van der Waals surface area contributed by atoms with Crippen molar-refractivity contribution in [3.63, 3.8) is 0 Å². The lowest BCUT2D eigenvalue weighted by Gasteiger charge is -2.32. The number of H-pyrrole nitrogens is 1. The lowest BCUT2D eigenvalue weighted by Crippen LogP contribution is -2.41. The first-order valence-electron chi connectivity index (χ1n) is 10.4. The summed E-state index contributed by atoms with van der Waals surface area (Å²) >= 11 is 0. The van der Waals surface area contributed by atoms with Gasteiger partial charge in [-0.05, 0) is 30.3 Å². The van der Waals surface area contributed by atoms with E-state index >= 15 is 0 Å². The molecule has 5 aromatic rings. The van der Waals surface area contributed by atoms with Crippen molar-refractivity contribution in [3.05, 3.63) is 77.8 Å². The third kappa shape index (κ3) is 3.18. The van der Waals surface area contributed by atoms with Gasteiger partial charge in [0.15, 0.2) is 0 Å². The van der Waals surface area contributed by atoms with Crippen molar-refractivity contribution in [2.24, 2.45) is 0 Å². The van der Waals surface area contributed by atoms with E-state index in [1.807, 2.05) is 0 Å². The summed E-state index contributed by atoms with van der Waals surface area (Å²) in [5, 5.41) is 12.3. The Labute approximate surface area is 191 Å². The Morgan fingerprint density at radius 3 is 2.94 bits per heavy atom. The molecule has 0 fully saturated rings. The second-order valence-electron chi connectivity index (χ2n) is 7.67. The zero-order chi connectivity index (χ0) is 23.2. The number of ether oxygens (including phenoxy) is 1. The molecular weight excluding hydrogens is 443 g/mol. The van der Waals surface area contributed by atoms with Gasteiger partial charge in [-0.1, -0.05) is 6.07 Å². The van der Waals surface area contributed by atoms with Crippen LogP contribution in [0.15, 0.2) is 53.3 Å². The summed E-state index contributed by atoms with van der Waals surface area (Å²) in [4.78, 5) is 26.8. The molecule has 0 spiro atoms. The lowest BCUT2D eigenvalue weighted by molar-refractivity contribution is 0.0646. The molecule has 0 bridgehead atoms. The van der Waals surface area contributed by atoms with Gasteiger partial charge in [0.1, 0.15) is 17.5 Å². The van der Waals surface area contributed by atoms with Crippen molar-refractivity contribution < 1.29 is 18.3 Å². The topological polar surface area (TPSA) is 127 Å². The normalized spacial score (nSPS) is 15.5. The van der Waals surface area contributed by atoms with E-state index < -0.39 is 17.9 Å². The van der Waals surface area contributed by atoms with Crippen LogP contribution in [-0.4, -0.2) is 59.2 Å². The van der Waals surface area contributed by atoms with Crippen molar-refractivity contribution in [1.29, 1.82) is 0 Å². The monoisotopic (exact) mass is 460 g/mol. The third-order valence-corrected chi connectivity index (χ3v) is 5.72. The summed E-state index contributed by atoms with van der Waals surface area (Å²) in [5.74, 6) is -0.493. The molecular formula is C22H17FN8O3. The van der Waals surface area contributed by atoms with Crippen LogP contribution in [0.25, 0.3) is 17.1 Å². The predicted octanol–water partition coefficient (Wildman–Crippen LogP) is 2.44. The van der Waals surface area contributed by atoms with Gasteiger partial charge in [-0.25, -0.2) is 14.5 Å². The molecule has 12 heteroatoms. The molecule has 1 N–H and O–H groups in total. The number of aromatic nitrogens is 7. The highest BCUT2D eigenvalue weighted by Crippen LogP contribution is 2.34. The number of aromatic amines is 1. The number of amides is 1. The first kappa shape index (κ1) is 20.0. The van der Waals surface area contributed by atoms with Crippen LogP contribution in [0.3, 0.4) is 0 Å². The smallest absolute Gasteiger partial charge is 0.312 e. The van der Waals surface area contributed by atoms with Crippen LogP contribution >= 0.6 is 0 Å². The van der Waals surface area contributed by atoms with Crippen LogP contribution < -0.4 is 4.74 Å². The highest BCUT2D eigenvalue weighted by Gasteiger charge is 2.38. The molecule has 1 amide bonds. The number of nitrogens with zero attached hydrogens (tertiary/aromatic N) is 7. The SMILES string of the molecule is COc1ccc(-c2nnc(C(=O)N3CCc4[nH]cnc4C3c3cc4cccc(F)n4n3)o2)nc1. The van der Waals surface area contributed by atoms with Crippen LogP contribution in [0.5, 0.6) is 5.75 Å². The summed E-state index contributed by atoms with van der Waals surface area (Å²) < 4.78 is 26.2. The van der Waals surface area contributed by atoms with Crippen LogP contribution in [0, 0.1) is 5.95 Å². The summed E-state index contributed by atoms with van der Waals surface area (Å²) in [7, 11) is 1.54. The van der Waals surface area contributed by atoms with Gasteiger partial charge in [0.05, 0.1) is 36.5 Å². The van der Waals surface area contributed by atoms with Gasteiger partial charge < -0.3 is 19.0 Å². The minimum Gasteiger partial charge on any atom is -0.495 e. The number of carbonyl (C=O) groups is 1. The molecule has 6 heterocycles. The third-order valence-electron chi connectivity index (χ3n) is 5.72. The average Bonchev–Trinajstić information content (AvgIpc) is 3.62. The zero-order valence-corrected chi connectivity index (χ0v) is 17.8. The number of nitrogens with one attached hydrogen (secondary N) is 1. The minimum absolute atomic E-state index is 0.106. The van der Waals surface area contributed by atoms with Crippen LogP contribution in [0.4, 0.5) is 4.39 Å². The maximum absolute atomic E-state index is 14.3. The van der Waals surface area contributed by atoms with E-state index in [0.29, 0.717) is 41.3 Å². The summed E-state index contributed by atoms with van der Waals surface area (Å²) in [6, 6.07) is 9.11. The molecule has 0 saturated carbocycles. The van der Waals surface area contributed by atoms with E-state index in [-0.39, 0.29) is 11.8 Å². The molecule has 1 aliphatic heterocycles. The van der Waals surface area contributed by atoms with Gasteiger partial charge in [-0.2, -0.15) is 9.49 Å². The number of rotatable bonds is 4. The molecule has 6 rings (SSSR count). The lowest BCUT2D eigenvalue weighted by atomic mass is 9.99. The maximum atomic E-state index is 14.3. The van der Waals surface area contributed by atoms with Crippen molar-refractivity contribution in [1.82, 2.24) is 39.7 Å². The Bertz CT molecular complexity index is 1510. The van der Waals surface area contributed by atoms with Crippen molar-refractivity contribution >= 4 is 11.4 Å². The highest BCUT2D eigenvalue weighted by molar-refractivity contribution is 5.90. The van der Waals surface area contributed by atoms with E-state index in [1.165, 1.54) is 23.9 Å². The van der Waals surface area contributed by atoms with E-state index in [2.05, 4.69) is 30.2 Å². The van der Waals surface area contributed by atoms with Gasteiger partial charge >= 0.3 is 11.8 Å². The second kappa shape index (κ2) is 7.76. The molecule has 0 saturated heterocycles. The van der Waals surface area contributed by atoms with Gasteiger partial charge in [0.25, 0.3) is 5.89 Å². The van der Waals surface area contributed by atoms with E-state index in [1.54, 1.807) is 41.6 Å². The quantitative estimate of drug-likeness (QED) is 0.405. The molecule has 1 aliphatic rings. The Hall–Kier alpha value is -4.61. The van der Waals surface area contributed by atoms with Crippen LogP contribution in [0.1, 0.15) is 33.8 Å². The predicted molar refractivity (Wildman–Crippen MR) is 114 cm³/mol. The largest absolute Gasteiger partial charge is 0.495 e. The molecule has 1 unspecified atom stereocenters. The molecule has 11 nitrogen and oxygen atoms in total. The Balaban J connectivity index is 1.37. The number of methoxy groups -OCH3 is 1. The molecule has 170 valence electrons. The number of imidazole rings is 1. The van der Waals surface area contributed by atoms with Gasteiger partial charge in [0.2, 0.25) is 5.95 Å². The first-order valence-corrected chi connectivity index (χ1v) is 10.4. The Morgan fingerprint density at radius 2 is 2.15 bits per heavy atom. The Kier molecular flexibility index (Phi) is 4.57. The molecule has 34 heavy (non-hydrogen) atoms. The van der Waals surface area contributed by atoms with E-state index in [4.69, 9.17) is 9.15 Å². The fraction of sp³-hybridized carbons (Fsp3) is 0.182. The van der Waals surface area contributed by atoms with Crippen molar-refractivity contribution in [2.45, 2.75) is 12.5 Å². The molecule has 5 aromatic heterocycles. The van der Waals surface area contributed by atoms with E-state index in [0.717, 1.165) is 5.69 Å². The number of carbonyl (C=O) groups excluding carboxylic acids is 1. The number of fused-ring (bicyclic) bond motifs is 2. The first-order chi connectivity index (χ1) is 16.6. The van der Waals surface area contributed by atoms with Crippen LogP contribution in [-0.2, 0) is 6.42 Å². The maximum Gasteiger partial charge on any atom is 0.312 e. The summed E-state index contributed by atoms with van der Waals surface area (Å²) in [6.45, 7) is 0.355. The molecule has 0 aliphatic carbocycles. The van der Waals surface area contributed by atoms with E-state index in [9.17, 15) is 9.18 Å².